The number of aliphatic carboxylic acids is 1. The molecule has 1 aromatic carbocycles. The van der Waals surface area contributed by atoms with Crippen LogP contribution >= 0.6 is 0 Å². The molecule has 0 amide bonds. The van der Waals surface area contributed by atoms with Gasteiger partial charge in [-0.1, -0.05) is 38.1 Å². The third-order valence-electron chi connectivity index (χ3n) is 2.10. The summed E-state index contributed by atoms with van der Waals surface area (Å²) in [6.45, 7) is 4.13. The van der Waals surface area contributed by atoms with Gasteiger partial charge in [-0.3, -0.25) is 0 Å². The van der Waals surface area contributed by atoms with E-state index >= 15 is 0 Å². The Balaban J connectivity index is 2.87. The first-order valence-corrected chi connectivity index (χ1v) is 4.96. The first-order chi connectivity index (χ1) is 7.00. The van der Waals surface area contributed by atoms with Crippen molar-refractivity contribution in [3.63, 3.8) is 0 Å². The summed E-state index contributed by atoms with van der Waals surface area (Å²) < 4.78 is 13.2. The molecule has 0 fully saturated rings. The van der Waals surface area contributed by atoms with Crippen LogP contribution in [0.2, 0.25) is 0 Å². The summed E-state index contributed by atoms with van der Waals surface area (Å²) >= 11 is 0. The molecule has 1 rings (SSSR count). The van der Waals surface area contributed by atoms with Gasteiger partial charge in [0.1, 0.15) is 0 Å². The third-order valence-corrected chi connectivity index (χ3v) is 2.10. The van der Waals surface area contributed by atoms with Crippen molar-refractivity contribution >= 4 is 5.97 Å². The molecule has 0 bridgehead atoms. The Labute approximate surface area is 88.7 Å². The van der Waals surface area contributed by atoms with Gasteiger partial charge in [-0.15, -0.1) is 0 Å². The van der Waals surface area contributed by atoms with Crippen LogP contribution in [0.1, 0.15) is 31.1 Å². The van der Waals surface area contributed by atoms with Crippen LogP contribution in [-0.2, 0) is 11.2 Å². The van der Waals surface area contributed by atoms with E-state index in [1.807, 2.05) is 6.07 Å². The normalized spacial score (nSPS) is 12.8. The van der Waals surface area contributed by atoms with E-state index in [9.17, 15) is 9.18 Å². The van der Waals surface area contributed by atoms with Gasteiger partial charge < -0.3 is 5.11 Å². The lowest BCUT2D eigenvalue weighted by atomic mass is 9.99. The van der Waals surface area contributed by atoms with E-state index in [0.29, 0.717) is 5.92 Å². The minimum Gasteiger partial charge on any atom is -0.479 e. The van der Waals surface area contributed by atoms with Crippen LogP contribution in [0.4, 0.5) is 4.39 Å². The molecule has 82 valence electrons. The number of carboxylic acids is 1. The van der Waals surface area contributed by atoms with Gasteiger partial charge in [0.15, 0.2) is 0 Å². The van der Waals surface area contributed by atoms with Crippen molar-refractivity contribution in [3.8, 4) is 0 Å². The Kier molecular flexibility index (Phi) is 3.83. The Morgan fingerprint density at radius 3 is 2.67 bits per heavy atom. The molecule has 1 unspecified atom stereocenters. The Morgan fingerprint density at radius 2 is 2.13 bits per heavy atom. The monoisotopic (exact) mass is 210 g/mol. The summed E-state index contributed by atoms with van der Waals surface area (Å²) in [6.07, 6.45) is -1.09. The largest absolute Gasteiger partial charge is 0.479 e. The van der Waals surface area contributed by atoms with Crippen LogP contribution in [0.3, 0.4) is 0 Å². The van der Waals surface area contributed by atoms with E-state index in [2.05, 4.69) is 13.8 Å². The smallest absolute Gasteiger partial charge is 0.343 e. The third kappa shape index (κ3) is 3.35. The fourth-order valence-corrected chi connectivity index (χ4v) is 1.49. The Hall–Kier alpha value is -1.38. The number of benzene rings is 1. The molecular weight excluding hydrogens is 195 g/mol. The molecule has 3 heteroatoms. The second-order valence-corrected chi connectivity index (χ2v) is 4.04. The lowest BCUT2D eigenvalue weighted by molar-refractivity contribution is -0.143. The fraction of sp³-hybridized carbons (Fsp3) is 0.417. The number of rotatable bonds is 4. The van der Waals surface area contributed by atoms with Crippen molar-refractivity contribution in [2.75, 3.05) is 0 Å². The average molecular weight is 210 g/mol. The number of hydrogen-bond donors (Lipinski definition) is 1. The fourth-order valence-electron chi connectivity index (χ4n) is 1.49. The van der Waals surface area contributed by atoms with E-state index < -0.39 is 12.1 Å². The van der Waals surface area contributed by atoms with Gasteiger partial charge in [-0.2, -0.15) is 0 Å². The summed E-state index contributed by atoms with van der Waals surface area (Å²) in [4.78, 5) is 10.5. The summed E-state index contributed by atoms with van der Waals surface area (Å²) in [6, 6.07) is 6.71. The molecule has 0 spiro atoms. The molecule has 2 nitrogen and oxygen atoms in total. The van der Waals surface area contributed by atoms with E-state index in [4.69, 9.17) is 5.11 Å². The van der Waals surface area contributed by atoms with Crippen LogP contribution in [0.25, 0.3) is 0 Å². The quantitative estimate of drug-likeness (QED) is 0.829. The first-order valence-electron chi connectivity index (χ1n) is 4.96. The number of halogens is 1. The van der Waals surface area contributed by atoms with Crippen molar-refractivity contribution in [2.45, 2.75) is 26.4 Å². The molecule has 0 heterocycles. The molecule has 0 radical (unpaired) electrons. The standard InChI is InChI=1S/C12H15FO2/c1-8(2)6-9-4-3-5-10(7-9)11(13)12(14)15/h3-5,7-8,11H,6H2,1-2H3,(H,14,15). The minimum atomic E-state index is -1.92. The van der Waals surface area contributed by atoms with Gasteiger partial charge >= 0.3 is 5.97 Å². The van der Waals surface area contributed by atoms with Gasteiger partial charge in [0.05, 0.1) is 0 Å². The van der Waals surface area contributed by atoms with Crippen LogP contribution < -0.4 is 0 Å². The molecule has 1 atom stereocenters. The average Bonchev–Trinajstić information content (AvgIpc) is 2.16. The summed E-state index contributed by atoms with van der Waals surface area (Å²) in [5.41, 5.74) is 1.20. The van der Waals surface area contributed by atoms with Gasteiger partial charge in [0.25, 0.3) is 0 Å². The maximum atomic E-state index is 13.2. The zero-order valence-electron chi connectivity index (χ0n) is 8.90. The molecule has 1 aromatic rings. The van der Waals surface area contributed by atoms with Crippen molar-refractivity contribution < 1.29 is 14.3 Å². The number of carbonyl (C=O) groups is 1. The van der Waals surface area contributed by atoms with E-state index in [-0.39, 0.29) is 5.56 Å². The lowest BCUT2D eigenvalue weighted by Gasteiger charge is -2.08. The van der Waals surface area contributed by atoms with Crippen LogP contribution in [-0.4, -0.2) is 11.1 Å². The van der Waals surface area contributed by atoms with Crippen molar-refractivity contribution in [2.24, 2.45) is 5.92 Å². The Morgan fingerprint density at radius 1 is 1.47 bits per heavy atom. The predicted molar refractivity (Wildman–Crippen MR) is 56.5 cm³/mol. The molecule has 0 aliphatic heterocycles. The maximum Gasteiger partial charge on any atom is 0.343 e. The van der Waals surface area contributed by atoms with Gasteiger partial charge in [-0.05, 0) is 23.5 Å². The first kappa shape index (κ1) is 11.7. The lowest BCUT2D eigenvalue weighted by Crippen LogP contribution is -2.06. The van der Waals surface area contributed by atoms with Crippen molar-refractivity contribution in [1.29, 1.82) is 0 Å². The SMILES string of the molecule is CC(C)Cc1cccc(C(F)C(=O)O)c1. The molecule has 0 saturated heterocycles. The topological polar surface area (TPSA) is 37.3 Å². The van der Waals surface area contributed by atoms with Crippen LogP contribution in [0.5, 0.6) is 0 Å². The van der Waals surface area contributed by atoms with Gasteiger partial charge in [0, 0.05) is 0 Å². The predicted octanol–water partition coefficient (Wildman–Crippen LogP) is 2.98. The Bertz CT molecular complexity index is 347. The number of hydrogen-bond acceptors (Lipinski definition) is 1. The maximum absolute atomic E-state index is 13.2. The minimum absolute atomic E-state index is 0.223. The van der Waals surface area contributed by atoms with Crippen molar-refractivity contribution in [1.82, 2.24) is 0 Å². The molecule has 1 N–H and O–H groups in total. The second kappa shape index (κ2) is 4.91. The zero-order valence-corrected chi connectivity index (χ0v) is 8.90. The highest BCUT2D eigenvalue weighted by Crippen LogP contribution is 2.20. The summed E-state index contributed by atoms with van der Waals surface area (Å²) in [5.74, 6) is -0.958. The molecule has 0 aromatic heterocycles. The van der Waals surface area contributed by atoms with Gasteiger partial charge in [-0.25, -0.2) is 9.18 Å². The number of alkyl halides is 1. The van der Waals surface area contributed by atoms with Crippen molar-refractivity contribution in [3.05, 3.63) is 35.4 Å². The molecule has 0 aliphatic carbocycles. The van der Waals surface area contributed by atoms with E-state index in [0.717, 1.165) is 12.0 Å². The van der Waals surface area contributed by atoms with E-state index in [1.165, 1.54) is 6.07 Å². The van der Waals surface area contributed by atoms with E-state index in [1.54, 1.807) is 12.1 Å². The highest BCUT2D eigenvalue weighted by molar-refractivity contribution is 5.74. The summed E-state index contributed by atoms with van der Waals surface area (Å²) in [7, 11) is 0. The molecular formula is C12H15FO2. The van der Waals surface area contributed by atoms with Gasteiger partial charge in [0.2, 0.25) is 6.17 Å². The molecule has 0 aliphatic rings. The highest BCUT2D eigenvalue weighted by Gasteiger charge is 2.18. The summed E-state index contributed by atoms with van der Waals surface area (Å²) in [5, 5.41) is 8.53. The highest BCUT2D eigenvalue weighted by atomic mass is 19.1. The number of carboxylic acid groups (broad SMARTS) is 1. The van der Waals surface area contributed by atoms with Crippen LogP contribution in [0.15, 0.2) is 24.3 Å². The zero-order chi connectivity index (χ0) is 11.4. The molecule has 15 heavy (non-hydrogen) atoms. The van der Waals surface area contributed by atoms with Crippen LogP contribution in [0, 0.1) is 5.92 Å². The molecule has 0 saturated carbocycles. The second-order valence-electron chi connectivity index (χ2n) is 4.04.